The summed E-state index contributed by atoms with van der Waals surface area (Å²) >= 11 is 5.22. The predicted molar refractivity (Wildman–Crippen MR) is 67.8 cm³/mol. The van der Waals surface area contributed by atoms with Gasteiger partial charge < -0.3 is 5.11 Å². The first-order valence-electron chi connectivity index (χ1n) is 5.29. The van der Waals surface area contributed by atoms with Crippen molar-refractivity contribution in [2.24, 2.45) is 0 Å². The van der Waals surface area contributed by atoms with Gasteiger partial charge in [0.15, 0.2) is 0 Å². The molecule has 0 aromatic carbocycles. The molecule has 2 rings (SSSR count). The minimum atomic E-state index is -0.690. The lowest BCUT2D eigenvalue weighted by atomic mass is 10.2. The molecule has 5 heteroatoms. The summed E-state index contributed by atoms with van der Waals surface area (Å²) in [6.45, 7) is 3.72. The van der Waals surface area contributed by atoms with Crippen molar-refractivity contribution >= 4 is 33.2 Å². The van der Waals surface area contributed by atoms with Gasteiger partial charge in [-0.05, 0) is 48.3 Å². The fourth-order valence-electron chi connectivity index (χ4n) is 2.09. The first kappa shape index (κ1) is 12.1. The second kappa shape index (κ2) is 4.85. The van der Waals surface area contributed by atoms with E-state index in [9.17, 15) is 4.79 Å². The van der Waals surface area contributed by atoms with Crippen LogP contribution in [0.5, 0.6) is 0 Å². The summed E-state index contributed by atoms with van der Waals surface area (Å²) in [6, 6.07) is 1.80. The number of nitrogens with zero attached hydrogens (tertiary/aromatic N) is 1. The molecule has 0 amide bonds. The molecule has 1 N–H and O–H groups in total. The molecule has 1 aliphatic heterocycles. The molecule has 1 aromatic rings. The van der Waals surface area contributed by atoms with Gasteiger partial charge in [-0.1, -0.05) is 0 Å². The van der Waals surface area contributed by atoms with Crippen LogP contribution in [-0.2, 0) is 11.3 Å². The van der Waals surface area contributed by atoms with Crippen LogP contribution in [0.2, 0.25) is 0 Å². The first-order valence-corrected chi connectivity index (χ1v) is 6.90. The van der Waals surface area contributed by atoms with Crippen LogP contribution >= 0.6 is 27.3 Å². The van der Waals surface area contributed by atoms with E-state index in [1.54, 1.807) is 11.3 Å². The van der Waals surface area contributed by atoms with Gasteiger partial charge >= 0.3 is 5.97 Å². The molecule has 1 saturated heterocycles. The lowest BCUT2D eigenvalue weighted by Crippen LogP contribution is -2.35. The second-order valence-electron chi connectivity index (χ2n) is 4.08. The van der Waals surface area contributed by atoms with E-state index >= 15 is 0 Å². The third-order valence-corrected chi connectivity index (χ3v) is 5.04. The Morgan fingerprint density at radius 3 is 3.06 bits per heavy atom. The zero-order chi connectivity index (χ0) is 11.7. The van der Waals surface area contributed by atoms with Crippen molar-refractivity contribution in [3.05, 3.63) is 20.3 Å². The Hall–Kier alpha value is -0.390. The molecule has 0 aliphatic carbocycles. The molecule has 1 atom stereocenters. The van der Waals surface area contributed by atoms with Crippen molar-refractivity contribution < 1.29 is 9.90 Å². The van der Waals surface area contributed by atoms with E-state index in [-0.39, 0.29) is 6.04 Å². The molecule has 1 aliphatic rings. The number of rotatable bonds is 3. The first-order chi connectivity index (χ1) is 7.58. The SMILES string of the molecule is Cc1sc(CN2CCCC2C(=O)O)cc1Br. The van der Waals surface area contributed by atoms with E-state index in [0.29, 0.717) is 0 Å². The van der Waals surface area contributed by atoms with E-state index in [2.05, 4.69) is 33.8 Å². The number of hydrogen-bond donors (Lipinski definition) is 1. The molecule has 0 saturated carbocycles. The Labute approximate surface area is 107 Å². The van der Waals surface area contributed by atoms with Crippen molar-refractivity contribution in [3.63, 3.8) is 0 Å². The van der Waals surface area contributed by atoms with Gasteiger partial charge in [0.25, 0.3) is 0 Å². The highest BCUT2D eigenvalue weighted by Gasteiger charge is 2.30. The van der Waals surface area contributed by atoms with E-state index in [4.69, 9.17) is 5.11 Å². The summed E-state index contributed by atoms with van der Waals surface area (Å²) in [5.41, 5.74) is 0. The quantitative estimate of drug-likeness (QED) is 0.933. The van der Waals surface area contributed by atoms with Gasteiger partial charge in [0.1, 0.15) is 6.04 Å². The van der Waals surface area contributed by atoms with Crippen LogP contribution < -0.4 is 0 Å². The molecule has 3 nitrogen and oxygen atoms in total. The number of hydrogen-bond acceptors (Lipinski definition) is 3. The van der Waals surface area contributed by atoms with Gasteiger partial charge in [0, 0.05) is 20.8 Å². The number of carbonyl (C=O) groups is 1. The van der Waals surface area contributed by atoms with Gasteiger partial charge in [0.05, 0.1) is 0 Å². The Morgan fingerprint density at radius 2 is 2.50 bits per heavy atom. The van der Waals surface area contributed by atoms with Crippen molar-refractivity contribution in [1.82, 2.24) is 4.90 Å². The fourth-order valence-corrected chi connectivity index (χ4v) is 3.72. The molecular weight excluding hydrogens is 290 g/mol. The molecule has 16 heavy (non-hydrogen) atoms. The van der Waals surface area contributed by atoms with Crippen LogP contribution in [0, 0.1) is 6.92 Å². The van der Waals surface area contributed by atoms with Crippen molar-refractivity contribution in [3.8, 4) is 0 Å². The number of aryl methyl sites for hydroxylation is 1. The summed E-state index contributed by atoms with van der Waals surface area (Å²) in [5.74, 6) is -0.690. The third-order valence-electron chi connectivity index (χ3n) is 2.92. The molecule has 0 radical (unpaired) electrons. The topological polar surface area (TPSA) is 40.5 Å². The summed E-state index contributed by atoms with van der Waals surface area (Å²) < 4.78 is 1.12. The molecule has 0 spiro atoms. The number of carboxylic acids is 1. The standard InChI is InChI=1S/C11H14BrNO2S/c1-7-9(12)5-8(16-7)6-13-4-2-3-10(13)11(14)15/h5,10H,2-4,6H2,1H3,(H,14,15). The molecule has 1 unspecified atom stereocenters. The molecule has 1 aromatic heterocycles. The van der Waals surface area contributed by atoms with Crippen LogP contribution in [0.3, 0.4) is 0 Å². The largest absolute Gasteiger partial charge is 0.480 e. The van der Waals surface area contributed by atoms with E-state index in [1.807, 2.05) is 0 Å². The summed E-state index contributed by atoms with van der Waals surface area (Å²) in [7, 11) is 0. The summed E-state index contributed by atoms with van der Waals surface area (Å²) in [6.07, 6.45) is 1.77. The number of carboxylic acid groups (broad SMARTS) is 1. The lowest BCUT2D eigenvalue weighted by Gasteiger charge is -2.19. The zero-order valence-corrected chi connectivity index (χ0v) is 11.5. The molecular formula is C11H14BrNO2S. The Bertz CT molecular complexity index is 385. The summed E-state index contributed by atoms with van der Waals surface area (Å²) in [4.78, 5) is 15.6. The Balaban J connectivity index is 2.06. The molecule has 1 fully saturated rings. The average Bonchev–Trinajstić information content (AvgIpc) is 2.75. The van der Waals surface area contributed by atoms with Gasteiger partial charge in [-0.2, -0.15) is 0 Å². The van der Waals surface area contributed by atoms with Gasteiger partial charge in [-0.15, -0.1) is 11.3 Å². The van der Waals surface area contributed by atoms with Crippen LogP contribution in [0.25, 0.3) is 0 Å². The van der Waals surface area contributed by atoms with E-state index in [1.165, 1.54) is 9.75 Å². The van der Waals surface area contributed by atoms with Crippen molar-refractivity contribution in [2.45, 2.75) is 32.4 Å². The maximum atomic E-state index is 11.0. The maximum absolute atomic E-state index is 11.0. The molecule has 88 valence electrons. The monoisotopic (exact) mass is 303 g/mol. The predicted octanol–water partition coefficient (Wildman–Crippen LogP) is 2.87. The minimum Gasteiger partial charge on any atom is -0.480 e. The number of halogens is 1. The number of aliphatic carboxylic acids is 1. The van der Waals surface area contributed by atoms with E-state index in [0.717, 1.165) is 30.4 Å². The van der Waals surface area contributed by atoms with Crippen LogP contribution in [0.15, 0.2) is 10.5 Å². The molecule has 0 bridgehead atoms. The highest BCUT2D eigenvalue weighted by Crippen LogP contribution is 2.29. The van der Waals surface area contributed by atoms with Gasteiger partial charge in [0.2, 0.25) is 0 Å². The second-order valence-corrected chi connectivity index (χ2v) is 6.28. The van der Waals surface area contributed by atoms with Crippen molar-refractivity contribution in [1.29, 1.82) is 0 Å². The summed E-state index contributed by atoms with van der Waals surface area (Å²) in [5, 5.41) is 9.07. The van der Waals surface area contributed by atoms with Gasteiger partial charge in [-0.25, -0.2) is 0 Å². The number of likely N-dealkylation sites (tertiary alicyclic amines) is 1. The van der Waals surface area contributed by atoms with Crippen LogP contribution in [-0.4, -0.2) is 28.6 Å². The maximum Gasteiger partial charge on any atom is 0.320 e. The highest BCUT2D eigenvalue weighted by atomic mass is 79.9. The van der Waals surface area contributed by atoms with Crippen LogP contribution in [0.4, 0.5) is 0 Å². The minimum absolute atomic E-state index is 0.291. The fraction of sp³-hybridized carbons (Fsp3) is 0.545. The average molecular weight is 304 g/mol. The highest BCUT2D eigenvalue weighted by molar-refractivity contribution is 9.10. The molecule has 2 heterocycles. The zero-order valence-electron chi connectivity index (χ0n) is 9.07. The van der Waals surface area contributed by atoms with Gasteiger partial charge in [-0.3, -0.25) is 9.69 Å². The number of thiophene rings is 1. The smallest absolute Gasteiger partial charge is 0.320 e. The normalized spacial score (nSPS) is 21.5. The van der Waals surface area contributed by atoms with Crippen molar-refractivity contribution in [2.75, 3.05) is 6.54 Å². The Kier molecular flexibility index (Phi) is 3.66. The Morgan fingerprint density at radius 1 is 1.75 bits per heavy atom. The van der Waals surface area contributed by atoms with E-state index < -0.39 is 5.97 Å². The van der Waals surface area contributed by atoms with Crippen LogP contribution in [0.1, 0.15) is 22.6 Å². The third kappa shape index (κ3) is 2.47. The lowest BCUT2D eigenvalue weighted by molar-refractivity contribution is -0.142.